The number of ether oxygens (including phenoxy) is 1. The third-order valence-electron chi connectivity index (χ3n) is 6.70. The number of nitrogens with one attached hydrogen (secondary N) is 2. The van der Waals surface area contributed by atoms with Crippen molar-refractivity contribution in [2.45, 2.75) is 13.8 Å². The van der Waals surface area contributed by atoms with Gasteiger partial charge in [0.1, 0.15) is 5.75 Å². The number of aromatic amines is 1. The van der Waals surface area contributed by atoms with Crippen LogP contribution in [0.1, 0.15) is 22.8 Å². The van der Waals surface area contributed by atoms with Crippen LogP contribution < -0.4 is 15.8 Å². The molecule has 0 radical (unpaired) electrons. The van der Waals surface area contributed by atoms with Crippen molar-refractivity contribution in [3.8, 4) is 28.1 Å². The molecule has 0 bridgehead atoms. The Morgan fingerprint density at radius 2 is 1.87 bits per heavy atom. The number of nitrogen functional groups attached to an aromatic ring is 1. The summed E-state index contributed by atoms with van der Waals surface area (Å²) in [4.78, 5) is 22.1. The number of likely N-dealkylation sites (N-methyl/N-ethyl adjacent to an activating group) is 2. The Morgan fingerprint density at radius 1 is 1.11 bits per heavy atom. The molecule has 9 heteroatoms. The Labute approximate surface area is 224 Å². The summed E-state index contributed by atoms with van der Waals surface area (Å²) in [5.74, 6) is 0.673. The minimum absolute atomic E-state index is 0.0728. The number of nitrogens with zero attached hydrogens (tertiary/aromatic N) is 4. The highest BCUT2D eigenvalue weighted by Gasteiger charge is 2.20. The number of carbonyl (C=O) groups excluding carboxylic acids is 1. The average Bonchev–Trinajstić information content (AvgIpc) is 3.34. The molecule has 4 rings (SSSR count). The van der Waals surface area contributed by atoms with Gasteiger partial charge in [-0.3, -0.25) is 9.89 Å². The fraction of sp³-hybridized carbons (Fsp3) is 0.345. The zero-order valence-electron chi connectivity index (χ0n) is 22.8. The molecule has 2 heterocycles. The van der Waals surface area contributed by atoms with Crippen molar-refractivity contribution in [1.82, 2.24) is 30.3 Å². The molecule has 9 nitrogen and oxygen atoms in total. The van der Waals surface area contributed by atoms with E-state index < -0.39 is 0 Å². The number of rotatable bonds is 11. The molecule has 38 heavy (non-hydrogen) atoms. The van der Waals surface area contributed by atoms with Gasteiger partial charge in [0.25, 0.3) is 5.91 Å². The van der Waals surface area contributed by atoms with E-state index in [1.165, 1.54) is 0 Å². The number of aryl methyl sites for hydroxylation is 1. The van der Waals surface area contributed by atoms with E-state index in [1.54, 1.807) is 13.3 Å². The summed E-state index contributed by atoms with van der Waals surface area (Å²) in [6.45, 7) is 7.66. The largest absolute Gasteiger partial charge is 0.496 e. The molecule has 0 aliphatic carbocycles. The molecule has 4 aromatic rings. The molecule has 0 aliphatic rings. The van der Waals surface area contributed by atoms with E-state index in [0.717, 1.165) is 58.7 Å². The molecule has 0 atom stereocenters. The highest BCUT2D eigenvalue weighted by atomic mass is 16.5. The highest BCUT2D eigenvalue weighted by Crippen LogP contribution is 2.35. The normalized spacial score (nSPS) is 11.3. The lowest BCUT2D eigenvalue weighted by atomic mass is 9.97. The third kappa shape index (κ3) is 5.79. The maximum atomic E-state index is 13.6. The van der Waals surface area contributed by atoms with Crippen molar-refractivity contribution in [2.75, 3.05) is 59.7 Å². The summed E-state index contributed by atoms with van der Waals surface area (Å²) in [6.07, 6.45) is 1.78. The molecule has 0 saturated heterocycles. The number of benzene rings is 2. The number of aromatic nitrogens is 3. The predicted molar refractivity (Wildman–Crippen MR) is 153 cm³/mol. The second kappa shape index (κ2) is 12.1. The first kappa shape index (κ1) is 27.1. The van der Waals surface area contributed by atoms with Gasteiger partial charge in [-0.25, -0.2) is 4.98 Å². The molecule has 4 N–H and O–H groups in total. The van der Waals surface area contributed by atoms with Crippen molar-refractivity contribution < 1.29 is 9.53 Å². The van der Waals surface area contributed by atoms with Crippen LogP contribution in [0, 0.1) is 6.92 Å². The first-order valence-electron chi connectivity index (χ1n) is 12.9. The molecule has 0 aliphatic heterocycles. The minimum Gasteiger partial charge on any atom is -0.496 e. The molecule has 0 spiro atoms. The monoisotopic (exact) mass is 515 g/mol. The Kier molecular flexibility index (Phi) is 8.60. The standard InChI is InChI=1S/C29H37N7O2/c1-6-36(14-12-31-11-13-35(3)4)29(37)23-16-20(15-19(2)26(23)30)21-17-24-27(33-34-28(24)32-18-21)22-9-7-8-10-25(22)38-5/h7-10,15-18,31H,6,11-14,30H2,1-5H3,(H,32,33,34). The number of methoxy groups -OCH3 is 1. The highest BCUT2D eigenvalue weighted by molar-refractivity contribution is 6.02. The second-order valence-electron chi connectivity index (χ2n) is 9.59. The van der Waals surface area contributed by atoms with Gasteiger partial charge in [0.05, 0.1) is 18.4 Å². The van der Waals surface area contributed by atoms with Crippen LogP contribution in [-0.2, 0) is 0 Å². The zero-order valence-corrected chi connectivity index (χ0v) is 22.8. The maximum absolute atomic E-state index is 13.6. The molecule has 200 valence electrons. The van der Waals surface area contributed by atoms with Crippen LogP contribution in [0.15, 0.2) is 48.7 Å². The number of hydrogen-bond acceptors (Lipinski definition) is 7. The molecular weight excluding hydrogens is 478 g/mol. The molecule has 2 aromatic carbocycles. The molecule has 0 saturated carbocycles. The van der Waals surface area contributed by atoms with Crippen LogP contribution in [0.3, 0.4) is 0 Å². The lowest BCUT2D eigenvalue weighted by molar-refractivity contribution is 0.0766. The van der Waals surface area contributed by atoms with Gasteiger partial charge in [-0.2, -0.15) is 5.10 Å². The fourth-order valence-electron chi connectivity index (χ4n) is 4.47. The topological polar surface area (TPSA) is 112 Å². The van der Waals surface area contributed by atoms with Gasteiger partial charge in [0.15, 0.2) is 5.65 Å². The van der Waals surface area contributed by atoms with Crippen LogP contribution in [0.5, 0.6) is 5.75 Å². The smallest absolute Gasteiger partial charge is 0.256 e. The third-order valence-corrected chi connectivity index (χ3v) is 6.70. The second-order valence-corrected chi connectivity index (χ2v) is 9.59. The van der Waals surface area contributed by atoms with E-state index in [0.29, 0.717) is 30.0 Å². The summed E-state index contributed by atoms with van der Waals surface area (Å²) < 4.78 is 5.56. The number of anilines is 1. The summed E-state index contributed by atoms with van der Waals surface area (Å²) >= 11 is 0. The minimum atomic E-state index is -0.0728. The van der Waals surface area contributed by atoms with E-state index in [1.807, 2.05) is 75.3 Å². The van der Waals surface area contributed by atoms with E-state index in [-0.39, 0.29) is 5.91 Å². The quantitative estimate of drug-likeness (QED) is 0.206. The summed E-state index contributed by atoms with van der Waals surface area (Å²) in [6, 6.07) is 13.7. The Morgan fingerprint density at radius 3 is 2.61 bits per heavy atom. The van der Waals surface area contributed by atoms with Gasteiger partial charge >= 0.3 is 0 Å². The van der Waals surface area contributed by atoms with Crippen LogP contribution in [0.25, 0.3) is 33.4 Å². The van der Waals surface area contributed by atoms with Gasteiger partial charge in [0, 0.05) is 61.1 Å². The lowest BCUT2D eigenvalue weighted by Gasteiger charge is -2.23. The van der Waals surface area contributed by atoms with Crippen molar-refractivity contribution in [3.05, 3.63) is 59.8 Å². The fourth-order valence-corrected chi connectivity index (χ4v) is 4.47. The molecular formula is C29H37N7O2. The SMILES string of the molecule is CCN(CCNCCN(C)C)C(=O)c1cc(-c2cnc3n[nH]c(-c4ccccc4OC)c3c2)cc(C)c1N. The number of fused-ring (bicyclic) bond motifs is 1. The van der Waals surface area contributed by atoms with Gasteiger partial charge in [-0.1, -0.05) is 12.1 Å². The van der Waals surface area contributed by atoms with Crippen molar-refractivity contribution in [2.24, 2.45) is 0 Å². The molecule has 0 unspecified atom stereocenters. The van der Waals surface area contributed by atoms with E-state index in [2.05, 4.69) is 25.4 Å². The number of amides is 1. The van der Waals surface area contributed by atoms with Crippen LogP contribution >= 0.6 is 0 Å². The number of pyridine rings is 1. The number of nitrogens with two attached hydrogens (primary N) is 1. The zero-order chi connectivity index (χ0) is 27.2. The summed E-state index contributed by atoms with van der Waals surface area (Å²) in [5.41, 5.74) is 12.4. The lowest BCUT2D eigenvalue weighted by Crippen LogP contribution is -2.38. The van der Waals surface area contributed by atoms with Gasteiger partial charge in [-0.05, 0) is 69.4 Å². The number of H-pyrrole nitrogens is 1. The van der Waals surface area contributed by atoms with Gasteiger partial charge in [0.2, 0.25) is 0 Å². The Bertz CT molecular complexity index is 1410. The predicted octanol–water partition coefficient (Wildman–Crippen LogP) is 3.80. The summed E-state index contributed by atoms with van der Waals surface area (Å²) in [7, 11) is 5.73. The van der Waals surface area contributed by atoms with Crippen molar-refractivity contribution >= 4 is 22.6 Å². The molecule has 2 aromatic heterocycles. The number of carbonyl (C=O) groups is 1. The van der Waals surface area contributed by atoms with E-state index in [4.69, 9.17) is 10.5 Å². The van der Waals surface area contributed by atoms with Gasteiger partial charge in [-0.15, -0.1) is 0 Å². The molecule has 0 fully saturated rings. The van der Waals surface area contributed by atoms with Crippen LogP contribution in [-0.4, -0.2) is 84.8 Å². The van der Waals surface area contributed by atoms with Crippen molar-refractivity contribution in [1.29, 1.82) is 0 Å². The first-order chi connectivity index (χ1) is 18.3. The van der Waals surface area contributed by atoms with Crippen LogP contribution in [0.4, 0.5) is 5.69 Å². The van der Waals surface area contributed by atoms with E-state index in [9.17, 15) is 4.79 Å². The van der Waals surface area contributed by atoms with E-state index >= 15 is 0 Å². The number of para-hydroxylation sites is 1. The first-order valence-corrected chi connectivity index (χ1v) is 12.9. The van der Waals surface area contributed by atoms with Gasteiger partial charge < -0.3 is 25.6 Å². The maximum Gasteiger partial charge on any atom is 0.256 e. The van der Waals surface area contributed by atoms with Crippen molar-refractivity contribution in [3.63, 3.8) is 0 Å². The van der Waals surface area contributed by atoms with Crippen LogP contribution in [0.2, 0.25) is 0 Å². The molecule has 1 amide bonds. The average molecular weight is 516 g/mol. The Balaban J connectivity index is 1.65. The number of hydrogen-bond donors (Lipinski definition) is 3. The summed E-state index contributed by atoms with van der Waals surface area (Å²) in [5, 5.41) is 11.8. The Hall–Kier alpha value is -3.95.